The summed E-state index contributed by atoms with van der Waals surface area (Å²) in [5.41, 5.74) is 0.659. The Kier molecular flexibility index (Phi) is 4.28. The van der Waals surface area contributed by atoms with Crippen LogP contribution in [-0.4, -0.2) is 28.2 Å². The van der Waals surface area contributed by atoms with Crippen molar-refractivity contribution in [2.75, 3.05) is 7.05 Å². The maximum absolute atomic E-state index is 5.78. The summed E-state index contributed by atoms with van der Waals surface area (Å²) in [7, 11) is 1.92. The average Bonchev–Trinajstić information content (AvgIpc) is 2.85. The smallest absolute Gasteiger partial charge is 0.228 e. The Labute approximate surface area is 111 Å². The average molecular weight is 267 g/mol. The third kappa shape index (κ3) is 3.05. The van der Waals surface area contributed by atoms with Gasteiger partial charge in [0.05, 0.1) is 5.02 Å². The normalized spacial score (nSPS) is 12.6. The SMILES string of the molecule is CCC(Cc1nc(-c2ccc(Cl)cn2)no1)NC. The molecule has 2 aromatic heterocycles. The molecule has 0 aromatic carbocycles. The summed E-state index contributed by atoms with van der Waals surface area (Å²) in [4.78, 5) is 8.47. The van der Waals surface area contributed by atoms with Crippen LogP contribution in [0.4, 0.5) is 0 Å². The number of nitrogens with one attached hydrogen (secondary N) is 1. The van der Waals surface area contributed by atoms with Gasteiger partial charge in [0, 0.05) is 18.7 Å². The molecule has 0 amide bonds. The Morgan fingerprint density at radius 2 is 2.28 bits per heavy atom. The Balaban J connectivity index is 2.12. The second kappa shape index (κ2) is 5.93. The van der Waals surface area contributed by atoms with Crippen molar-refractivity contribution < 1.29 is 4.52 Å². The number of pyridine rings is 1. The molecule has 0 spiro atoms. The minimum atomic E-state index is 0.344. The van der Waals surface area contributed by atoms with E-state index in [2.05, 4.69) is 27.4 Å². The minimum Gasteiger partial charge on any atom is -0.339 e. The van der Waals surface area contributed by atoms with Crippen molar-refractivity contribution in [1.29, 1.82) is 0 Å². The molecule has 0 saturated heterocycles. The summed E-state index contributed by atoms with van der Waals surface area (Å²) < 4.78 is 5.21. The van der Waals surface area contributed by atoms with Gasteiger partial charge >= 0.3 is 0 Å². The Hall–Kier alpha value is -1.46. The van der Waals surface area contributed by atoms with E-state index in [1.54, 1.807) is 18.3 Å². The molecule has 18 heavy (non-hydrogen) atoms. The van der Waals surface area contributed by atoms with E-state index in [-0.39, 0.29) is 0 Å². The molecule has 96 valence electrons. The van der Waals surface area contributed by atoms with E-state index in [1.165, 1.54) is 0 Å². The Morgan fingerprint density at radius 3 is 2.89 bits per heavy atom. The second-order valence-electron chi connectivity index (χ2n) is 3.97. The lowest BCUT2D eigenvalue weighted by molar-refractivity contribution is 0.359. The summed E-state index contributed by atoms with van der Waals surface area (Å²) >= 11 is 5.78. The highest BCUT2D eigenvalue weighted by molar-refractivity contribution is 6.30. The van der Waals surface area contributed by atoms with Crippen LogP contribution in [0.15, 0.2) is 22.9 Å². The molecule has 5 nitrogen and oxygen atoms in total. The van der Waals surface area contributed by atoms with Gasteiger partial charge in [0.2, 0.25) is 11.7 Å². The van der Waals surface area contributed by atoms with Crippen molar-refractivity contribution in [2.45, 2.75) is 25.8 Å². The summed E-state index contributed by atoms with van der Waals surface area (Å²) in [5, 5.41) is 7.70. The molecule has 0 bridgehead atoms. The van der Waals surface area contributed by atoms with Gasteiger partial charge in [0.15, 0.2) is 0 Å². The van der Waals surface area contributed by atoms with Crippen molar-refractivity contribution in [3.05, 3.63) is 29.2 Å². The zero-order valence-corrected chi connectivity index (χ0v) is 11.1. The maximum atomic E-state index is 5.78. The van der Waals surface area contributed by atoms with Gasteiger partial charge < -0.3 is 9.84 Å². The summed E-state index contributed by atoms with van der Waals surface area (Å²) in [6.07, 6.45) is 3.29. The van der Waals surface area contributed by atoms with Crippen LogP contribution >= 0.6 is 11.6 Å². The van der Waals surface area contributed by atoms with Gasteiger partial charge in [-0.05, 0) is 25.6 Å². The molecule has 0 fully saturated rings. The van der Waals surface area contributed by atoms with Crippen molar-refractivity contribution in [2.24, 2.45) is 0 Å². The number of nitrogens with zero attached hydrogens (tertiary/aromatic N) is 3. The molecule has 2 aromatic rings. The first-order valence-corrected chi connectivity index (χ1v) is 6.22. The molecular weight excluding hydrogens is 252 g/mol. The van der Waals surface area contributed by atoms with Crippen LogP contribution in [0, 0.1) is 0 Å². The fraction of sp³-hybridized carbons (Fsp3) is 0.417. The lowest BCUT2D eigenvalue weighted by atomic mass is 10.1. The molecule has 2 rings (SSSR count). The zero-order chi connectivity index (χ0) is 13.0. The predicted octanol–water partition coefficient (Wildman–Crippen LogP) is 2.33. The molecule has 0 saturated carbocycles. The molecule has 2 heterocycles. The first-order chi connectivity index (χ1) is 8.72. The van der Waals surface area contributed by atoms with E-state index in [4.69, 9.17) is 16.1 Å². The number of hydrogen-bond donors (Lipinski definition) is 1. The molecule has 0 aliphatic carbocycles. The Morgan fingerprint density at radius 1 is 1.44 bits per heavy atom. The number of hydrogen-bond acceptors (Lipinski definition) is 5. The fourth-order valence-electron chi connectivity index (χ4n) is 1.61. The van der Waals surface area contributed by atoms with Crippen molar-refractivity contribution in [3.63, 3.8) is 0 Å². The van der Waals surface area contributed by atoms with E-state index in [1.807, 2.05) is 7.05 Å². The minimum absolute atomic E-state index is 0.344. The van der Waals surface area contributed by atoms with E-state index in [9.17, 15) is 0 Å². The monoisotopic (exact) mass is 266 g/mol. The van der Waals surface area contributed by atoms with Gasteiger partial charge in [-0.1, -0.05) is 23.7 Å². The largest absolute Gasteiger partial charge is 0.339 e. The van der Waals surface area contributed by atoms with Crippen LogP contribution < -0.4 is 5.32 Å². The van der Waals surface area contributed by atoms with Gasteiger partial charge in [-0.3, -0.25) is 4.98 Å². The summed E-state index contributed by atoms with van der Waals surface area (Å²) in [6, 6.07) is 3.87. The summed E-state index contributed by atoms with van der Waals surface area (Å²) in [6.45, 7) is 2.11. The van der Waals surface area contributed by atoms with Crippen LogP contribution in [0.1, 0.15) is 19.2 Å². The number of halogens is 1. The molecule has 1 unspecified atom stereocenters. The first-order valence-electron chi connectivity index (χ1n) is 5.84. The molecule has 1 atom stereocenters. The van der Waals surface area contributed by atoms with Crippen LogP contribution in [0.25, 0.3) is 11.5 Å². The van der Waals surface area contributed by atoms with E-state index >= 15 is 0 Å². The lowest BCUT2D eigenvalue weighted by Gasteiger charge is -2.09. The van der Waals surface area contributed by atoms with Crippen molar-refractivity contribution in [1.82, 2.24) is 20.4 Å². The van der Waals surface area contributed by atoms with Crippen molar-refractivity contribution >= 4 is 11.6 Å². The van der Waals surface area contributed by atoms with E-state index in [0.29, 0.717) is 34.9 Å². The topological polar surface area (TPSA) is 63.8 Å². The van der Waals surface area contributed by atoms with Gasteiger partial charge in [0.25, 0.3) is 0 Å². The highest BCUT2D eigenvalue weighted by atomic mass is 35.5. The van der Waals surface area contributed by atoms with Gasteiger partial charge in [-0.2, -0.15) is 4.98 Å². The summed E-state index contributed by atoms with van der Waals surface area (Å²) in [5.74, 6) is 1.11. The molecule has 1 N–H and O–H groups in total. The molecule has 0 radical (unpaired) electrons. The number of likely N-dealkylation sites (N-methyl/N-ethyl adjacent to an activating group) is 1. The van der Waals surface area contributed by atoms with Crippen LogP contribution in [0.2, 0.25) is 5.02 Å². The number of aromatic nitrogens is 3. The highest BCUT2D eigenvalue weighted by Crippen LogP contribution is 2.16. The molecular formula is C12H15ClN4O. The third-order valence-corrected chi connectivity index (χ3v) is 2.97. The fourth-order valence-corrected chi connectivity index (χ4v) is 1.72. The zero-order valence-electron chi connectivity index (χ0n) is 10.4. The molecule has 6 heteroatoms. The predicted molar refractivity (Wildman–Crippen MR) is 69.4 cm³/mol. The highest BCUT2D eigenvalue weighted by Gasteiger charge is 2.13. The third-order valence-electron chi connectivity index (χ3n) is 2.75. The molecule has 0 aliphatic rings. The maximum Gasteiger partial charge on any atom is 0.228 e. The van der Waals surface area contributed by atoms with E-state index < -0.39 is 0 Å². The standard InChI is InChI=1S/C12H15ClN4O/c1-3-9(14-2)6-11-16-12(17-18-11)10-5-4-8(13)7-15-10/h4-5,7,9,14H,3,6H2,1-2H3. The van der Waals surface area contributed by atoms with Crippen LogP contribution in [0.5, 0.6) is 0 Å². The van der Waals surface area contributed by atoms with Crippen molar-refractivity contribution in [3.8, 4) is 11.5 Å². The lowest BCUT2D eigenvalue weighted by Crippen LogP contribution is -2.26. The van der Waals surface area contributed by atoms with Gasteiger partial charge in [0.1, 0.15) is 5.69 Å². The quantitative estimate of drug-likeness (QED) is 0.900. The van der Waals surface area contributed by atoms with Gasteiger partial charge in [-0.15, -0.1) is 0 Å². The second-order valence-corrected chi connectivity index (χ2v) is 4.41. The van der Waals surface area contributed by atoms with E-state index in [0.717, 1.165) is 6.42 Å². The van der Waals surface area contributed by atoms with Crippen LogP contribution in [0.3, 0.4) is 0 Å². The number of rotatable bonds is 5. The Bertz CT molecular complexity index is 493. The van der Waals surface area contributed by atoms with Gasteiger partial charge in [-0.25, -0.2) is 0 Å². The van der Waals surface area contributed by atoms with Crippen LogP contribution in [-0.2, 0) is 6.42 Å². The molecule has 0 aliphatic heterocycles. The first kappa shape index (κ1) is 13.0.